The summed E-state index contributed by atoms with van der Waals surface area (Å²) in [6.45, 7) is 0.529. The highest BCUT2D eigenvalue weighted by molar-refractivity contribution is 5.94. The largest absolute Gasteiger partial charge is 0.433 e. The topological polar surface area (TPSA) is 61.9 Å². The van der Waals surface area contributed by atoms with E-state index in [0.717, 1.165) is 36.1 Å². The number of H-pyrrole nitrogens is 1. The number of pyridine rings is 1. The van der Waals surface area contributed by atoms with Crippen LogP contribution in [0.1, 0.15) is 40.8 Å². The monoisotopic (exact) mass is 360 g/mol. The fraction of sp³-hybridized carbons (Fsp3) is 0.278. The maximum absolute atomic E-state index is 12.8. The molecule has 0 spiro atoms. The summed E-state index contributed by atoms with van der Waals surface area (Å²) in [6, 6.07) is 9.36. The van der Waals surface area contributed by atoms with Crippen LogP contribution < -0.4 is 0 Å². The number of carbonyl (C=O) groups excluding carboxylic acids is 1. The lowest BCUT2D eigenvalue weighted by Gasteiger charge is -2.23. The first-order valence-corrected chi connectivity index (χ1v) is 8.22. The van der Waals surface area contributed by atoms with Gasteiger partial charge >= 0.3 is 6.18 Å². The molecule has 0 aliphatic carbocycles. The van der Waals surface area contributed by atoms with Crippen LogP contribution >= 0.6 is 0 Å². The van der Waals surface area contributed by atoms with Gasteiger partial charge in [-0.25, -0.2) is 4.98 Å². The number of para-hydroxylation sites is 2. The molecule has 1 amide bonds. The molecule has 5 nitrogen and oxygen atoms in total. The molecule has 1 saturated heterocycles. The number of fused-ring (bicyclic) bond motifs is 1. The van der Waals surface area contributed by atoms with Gasteiger partial charge in [-0.1, -0.05) is 12.1 Å². The molecule has 3 heterocycles. The second kappa shape index (κ2) is 6.12. The van der Waals surface area contributed by atoms with Crippen molar-refractivity contribution in [3.63, 3.8) is 0 Å². The lowest BCUT2D eigenvalue weighted by Crippen LogP contribution is -2.31. The number of alkyl halides is 3. The molecule has 26 heavy (non-hydrogen) atoms. The number of rotatable bonds is 2. The number of hydrogen-bond donors (Lipinski definition) is 1. The zero-order valence-electron chi connectivity index (χ0n) is 13.6. The normalized spacial score (nSPS) is 17.8. The van der Waals surface area contributed by atoms with Crippen molar-refractivity contribution in [2.75, 3.05) is 6.54 Å². The van der Waals surface area contributed by atoms with E-state index in [9.17, 15) is 18.0 Å². The van der Waals surface area contributed by atoms with Crippen molar-refractivity contribution < 1.29 is 18.0 Å². The molecule has 1 unspecified atom stereocenters. The molecule has 1 aliphatic heterocycles. The Morgan fingerprint density at radius 1 is 1.19 bits per heavy atom. The summed E-state index contributed by atoms with van der Waals surface area (Å²) in [6.07, 6.45) is -1.98. The molecule has 1 atom stereocenters. The summed E-state index contributed by atoms with van der Waals surface area (Å²) in [5.41, 5.74) is 0.835. The van der Waals surface area contributed by atoms with Gasteiger partial charge in [-0.2, -0.15) is 13.2 Å². The summed E-state index contributed by atoms with van der Waals surface area (Å²) in [7, 11) is 0. The van der Waals surface area contributed by atoms with Gasteiger partial charge in [-0.3, -0.25) is 9.78 Å². The van der Waals surface area contributed by atoms with Gasteiger partial charge in [0.1, 0.15) is 11.5 Å². The molecular weight excluding hydrogens is 345 g/mol. The van der Waals surface area contributed by atoms with Crippen molar-refractivity contribution in [2.45, 2.75) is 25.1 Å². The van der Waals surface area contributed by atoms with Crippen LogP contribution in [0.3, 0.4) is 0 Å². The van der Waals surface area contributed by atoms with E-state index in [4.69, 9.17) is 0 Å². The highest BCUT2D eigenvalue weighted by atomic mass is 19.4. The smallest absolute Gasteiger partial charge is 0.340 e. The summed E-state index contributed by atoms with van der Waals surface area (Å²) in [5.74, 6) is 0.353. The van der Waals surface area contributed by atoms with E-state index in [0.29, 0.717) is 12.4 Å². The minimum absolute atomic E-state index is 0.140. The SMILES string of the molecule is O=C(c1ccc(C(F)(F)F)nc1)N1CCCC1c1nc2ccccc2[nH]1. The molecule has 0 radical (unpaired) electrons. The first kappa shape index (κ1) is 16.6. The summed E-state index contributed by atoms with van der Waals surface area (Å²) in [4.78, 5) is 25.6. The standard InChI is InChI=1S/C18H15F3N4O/c19-18(20,21)15-8-7-11(10-22-15)17(26)25-9-3-6-14(25)16-23-12-4-1-2-5-13(12)24-16/h1-2,4-5,7-8,10,14H,3,6,9H2,(H,23,24). The number of nitrogens with one attached hydrogen (secondary N) is 1. The number of aromatic amines is 1. The lowest BCUT2D eigenvalue weighted by molar-refractivity contribution is -0.141. The second-order valence-electron chi connectivity index (χ2n) is 6.23. The number of halogens is 3. The molecule has 4 rings (SSSR count). The van der Waals surface area contributed by atoms with E-state index >= 15 is 0 Å². The zero-order chi connectivity index (χ0) is 18.3. The van der Waals surface area contributed by atoms with Gasteiger partial charge in [-0.05, 0) is 37.1 Å². The third kappa shape index (κ3) is 2.91. The molecule has 134 valence electrons. The molecule has 8 heteroatoms. The first-order valence-electron chi connectivity index (χ1n) is 8.22. The van der Waals surface area contributed by atoms with Crippen LogP contribution in [0.25, 0.3) is 11.0 Å². The zero-order valence-corrected chi connectivity index (χ0v) is 13.6. The number of aromatic nitrogens is 3. The van der Waals surface area contributed by atoms with Crippen LogP contribution in [0.5, 0.6) is 0 Å². The quantitative estimate of drug-likeness (QED) is 0.753. The Kier molecular flexibility index (Phi) is 3.90. The number of likely N-dealkylation sites (tertiary alicyclic amines) is 1. The van der Waals surface area contributed by atoms with Crippen molar-refractivity contribution in [3.8, 4) is 0 Å². The number of imidazole rings is 1. The van der Waals surface area contributed by atoms with Crippen LogP contribution in [0.15, 0.2) is 42.6 Å². The van der Waals surface area contributed by atoms with Gasteiger partial charge in [0.25, 0.3) is 5.91 Å². The molecule has 1 aliphatic rings. The highest BCUT2D eigenvalue weighted by Gasteiger charge is 2.35. The molecule has 1 fully saturated rings. The fourth-order valence-electron chi connectivity index (χ4n) is 3.28. The van der Waals surface area contributed by atoms with Crippen molar-refractivity contribution in [1.82, 2.24) is 19.9 Å². The number of benzene rings is 1. The summed E-state index contributed by atoms with van der Waals surface area (Å²) >= 11 is 0. The Bertz CT molecular complexity index is 916. The van der Waals surface area contributed by atoms with E-state index in [1.54, 1.807) is 4.90 Å². The Morgan fingerprint density at radius 2 is 2.00 bits per heavy atom. The van der Waals surface area contributed by atoms with Crippen LogP contribution in [0.4, 0.5) is 13.2 Å². The average Bonchev–Trinajstić information content (AvgIpc) is 3.26. The maximum atomic E-state index is 12.8. The lowest BCUT2D eigenvalue weighted by atomic mass is 10.2. The Labute approximate surface area is 146 Å². The molecule has 0 saturated carbocycles. The van der Waals surface area contributed by atoms with Crippen molar-refractivity contribution in [3.05, 3.63) is 59.7 Å². The van der Waals surface area contributed by atoms with Gasteiger partial charge in [0.15, 0.2) is 0 Å². The second-order valence-corrected chi connectivity index (χ2v) is 6.23. The van der Waals surface area contributed by atoms with Crippen LogP contribution in [0.2, 0.25) is 0 Å². The summed E-state index contributed by atoms with van der Waals surface area (Å²) < 4.78 is 37.9. The van der Waals surface area contributed by atoms with E-state index in [-0.39, 0.29) is 17.5 Å². The Hall–Kier alpha value is -2.90. The molecule has 3 aromatic rings. The Morgan fingerprint density at radius 3 is 2.69 bits per heavy atom. The molecule has 0 bridgehead atoms. The predicted molar refractivity (Wildman–Crippen MR) is 88.3 cm³/mol. The molecule has 1 N–H and O–H groups in total. The van der Waals surface area contributed by atoms with Gasteiger partial charge < -0.3 is 9.88 Å². The number of carbonyl (C=O) groups is 1. The third-order valence-corrected chi connectivity index (χ3v) is 4.54. The predicted octanol–water partition coefficient (Wildman–Crippen LogP) is 3.95. The molecular formula is C18H15F3N4O. The molecule has 2 aromatic heterocycles. The highest BCUT2D eigenvalue weighted by Crippen LogP contribution is 2.33. The van der Waals surface area contributed by atoms with E-state index in [1.807, 2.05) is 24.3 Å². The van der Waals surface area contributed by atoms with Crippen molar-refractivity contribution in [1.29, 1.82) is 0 Å². The number of hydrogen-bond acceptors (Lipinski definition) is 3. The minimum Gasteiger partial charge on any atom is -0.340 e. The van der Waals surface area contributed by atoms with Gasteiger partial charge in [-0.15, -0.1) is 0 Å². The van der Waals surface area contributed by atoms with Crippen LogP contribution in [-0.2, 0) is 6.18 Å². The Balaban J connectivity index is 1.60. The minimum atomic E-state index is -4.52. The van der Waals surface area contributed by atoms with Gasteiger partial charge in [0, 0.05) is 12.7 Å². The third-order valence-electron chi connectivity index (χ3n) is 4.54. The summed E-state index contributed by atoms with van der Waals surface area (Å²) in [5, 5.41) is 0. The first-order chi connectivity index (χ1) is 12.4. The van der Waals surface area contributed by atoms with Crippen LogP contribution in [-0.4, -0.2) is 32.3 Å². The van der Waals surface area contributed by atoms with Gasteiger partial charge in [0.05, 0.1) is 22.6 Å². The number of amides is 1. The molecule has 1 aromatic carbocycles. The van der Waals surface area contributed by atoms with Gasteiger partial charge in [0.2, 0.25) is 0 Å². The fourth-order valence-corrected chi connectivity index (χ4v) is 3.28. The number of nitrogens with zero attached hydrogens (tertiary/aromatic N) is 3. The average molecular weight is 360 g/mol. The van der Waals surface area contributed by atoms with Crippen molar-refractivity contribution >= 4 is 16.9 Å². The van der Waals surface area contributed by atoms with E-state index < -0.39 is 11.9 Å². The maximum Gasteiger partial charge on any atom is 0.433 e. The van der Waals surface area contributed by atoms with E-state index in [1.165, 1.54) is 6.07 Å². The van der Waals surface area contributed by atoms with Crippen molar-refractivity contribution in [2.24, 2.45) is 0 Å². The van der Waals surface area contributed by atoms with Crippen LogP contribution in [0, 0.1) is 0 Å². The van der Waals surface area contributed by atoms with E-state index in [2.05, 4.69) is 15.0 Å².